The van der Waals surface area contributed by atoms with Gasteiger partial charge in [-0.2, -0.15) is 0 Å². The third kappa shape index (κ3) is 25.4. The molecule has 21 unspecified atom stereocenters. The summed E-state index contributed by atoms with van der Waals surface area (Å²) in [4.78, 5) is 8.66. The molecule has 6 fully saturated rings. The standard InChI is InChI=1S/6C19H29NO3/c6*1-12(2)7-14-11-20-6-5-13-8-18(22-3)19(23-4)9-15(13)16(20)10-17(14)21/h6*8-9,12,14,16-17,21H,5-7,10-11H2,1-4H3/i1D3,4D3,7D2,8D,9D,10D2,12D,14D,17D;2*1D3,7D2,8D,9D,10D2,12D,14D,17D;2*4D3,8D,9D,10D2,14D,17D;8D,9D,10D2,14D,17D. The first-order valence-electron chi connectivity index (χ1n) is 77.1. The van der Waals surface area contributed by atoms with Gasteiger partial charge in [-0.1, -0.05) is 82.9 Å². The van der Waals surface area contributed by atoms with Gasteiger partial charge in [-0.15, -0.1) is 0 Å². The van der Waals surface area contributed by atoms with Gasteiger partial charge in [-0.3, -0.25) is 29.4 Å². The number of hydrogen-bond acceptors (Lipinski definition) is 24. The number of ether oxygens (including phenoxy) is 12. The van der Waals surface area contributed by atoms with E-state index >= 15 is 0 Å². The van der Waals surface area contributed by atoms with Crippen LogP contribution in [0.2, 0.25) is 0 Å². The molecule has 24 nitrogen and oxygen atoms in total. The van der Waals surface area contributed by atoms with E-state index in [1.807, 2.05) is 41.5 Å². The van der Waals surface area contributed by atoms with E-state index in [2.05, 4.69) is 0 Å². The van der Waals surface area contributed by atoms with E-state index in [0.29, 0.717) is 25.5 Å². The third-order valence-electron chi connectivity index (χ3n) is 24.9. The number of piperidine rings is 6. The van der Waals surface area contributed by atoms with Gasteiger partial charge in [0.2, 0.25) is 0 Å². The molecule has 12 aliphatic rings. The molecule has 0 bridgehead atoms. The molecular formula is C114H174N6O18. The van der Waals surface area contributed by atoms with Crippen molar-refractivity contribution in [2.75, 3.05) is 164 Å². The lowest BCUT2D eigenvalue weighted by atomic mass is 9.79. The first-order valence-corrected chi connectivity index (χ1v) is 45.6. The fourth-order valence-electron chi connectivity index (χ4n) is 18.7. The number of fused-ring (bicyclic) bond motifs is 18. The highest BCUT2D eigenvalue weighted by atomic mass is 16.5. The number of benzene rings is 6. The summed E-state index contributed by atoms with van der Waals surface area (Å²) in [6.45, 7) is 1.38. The molecule has 24 heteroatoms. The third-order valence-corrected chi connectivity index (χ3v) is 24.9. The van der Waals surface area contributed by atoms with Crippen molar-refractivity contribution in [3.05, 3.63) is 139 Å². The van der Waals surface area contributed by atoms with Gasteiger partial charge in [0.1, 0.15) is 0 Å². The molecule has 0 aliphatic carbocycles. The Bertz CT molecular complexity index is 7860. The van der Waals surface area contributed by atoms with Crippen LogP contribution in [0.1, 0.15) is 349 Å². The molecule has 768 valence electrons. The largest absolute Gasteiger partial charge is 0.493 e. The lowest BCUT2D eigenvalue weighted by Crippen LogP contribution is -2.48. The molecule has 6 aromatic carbocycles. The van der Waals surface area contributed by atoms with Gasteiger partial charge in [0.15, 0.2) is 69.0 Å². The van der Waals surface area contributed by atoms with Gasteiger partial charge < -0.3 is 87.5 Å². The van der Waals surface area contributed by atoms with Crippen LogP contribution in [-0.2, 0) is 38.5 Å². The SMILES string of the molecule is [2H]c1c2c(c([2H])c(OC([2H])([2H])[2H])c1OC)C1N(CC2)CC([2H])(C([2H])([2H])C([2H])(C)C([2H])([2H])[2H])C([2H])(O)C1([2H])[2H].[2H]c1c2c(c([2H])c(OC([2H])([2H])[2H])c1OC)C1N(CC2)CC([2H])(CC(C)C)C([2H])(O)C1([2H])[2H].[2H]c1c2c(c([2H])c(OC([2H])([2H])[2H])c1OC)C1N(CC2)CC([2H])(CC(C)C)C([2H])(O)C1([2H])[2H].[2H]c1c2c(c([2H])c(OC)c1OC)C1N(CC2)CC([2H])(C([2H])([2H])C([2H])(C)C([2H])([2H])[2H])C([2H])(O)C1([2H])[2H].[2H]c1c2c(c([2H])c(OC)c1OC)C1N(CC2)CC([2H])(C([2H])([2H])C([2H])(C)C([2H])([2H])[2H])C([2H])(O)C1([2H])[2H].[2H]c1c2c(c([2H])c(OC)c1OC)C1N(CC2)CC([2H])(CC(C)C)C([2H])(O)C1([2H])[2H]. The Labute approximate surface area is 915 Å². The lowest BCUT2D eigenvalue weighted by Gasteiger charge is -2.46. The first kappa shape index (κ1) is 51.8. The average molecular weight is 1980 g/mol. The summed E-state index contributed by atoms with van der Waals surface area (Å²) in [5.41, 5.74) is 1.37. The second kappa shape index (κ2) is 49.1. The van der Waals surface area contributed by atoms with Crippen LogP contribution >= 0.6 is 0 Å². The number of hydrogen-bond donors (Lipinski definition) is 6. The van der Waals surface area contributed by atoms with Crippen LogP contribution in [0.3, 0.4) is 0 Å². The molecule has 18 rings (SSSR count). The zero-order valence-electron chi connectivity index (χ0n) is 144. The molecule has 0 amide bonds. The Morgan fingerprint density at radius 1 is 0.283 bits per heavy atom. The van der Waals surface area contributed by atoms with Gasteiger partial charge in [0.25, 0.3) is 0 Å². The monoisotopic (exact) mass is 1980 g/mol. The maximum Gasteiger partial charge on any atom is 0.161 e. The minimum Gasteiger partial charge on any atom is -0.493 e. The maximum absolute atomic E-state index is 11.3. The van der Waals surface area contributed by atoms with Crippen LogP contribution in [0.25, 0.3) is 0 Å². The van der Waals surface area contributed by atoms with Crippen molar-refractivity contribution in [2.24, 2.45) is 70.8 Å². The second-order valence-corrected chi connectivity index (χ2v) is 35.9. The lowest BCUT2D eigenvalue weighted by molar-refractivity contribution is -0.0192. The van der Waals surface area contributed by atoms with Gasteiger partial charge >= 0.3 is 0 Å². The van der Waals surface area contributed by atoms with E-state index in [9.17, 15) is 30.6 Å². The number of rotatable bonds is 24. The topological polar surface area (TPSA) is 252 Å². The maximum atomic E-state index is 11.3. The summed E-state index contributed by atoms with van der Waals surface area (Å²) in [6, 6.07) is -12.1. The van der Waals surface area contributed by atoms with Crippen molar-refractivity contribution in [2.45, 2.75) is 271 Å². The van der Waals surface area contributed by atoms with Gasteiger partial charge in [0, 0.05) is 164 Å². The quantitative estimate of drug-likeness (QED) is 0.0329. The summed E-state index contributed by atoms with van der Waals surface area (Å²) in [5.74, 6) is -26.7. The summed E-state index contributed by atoms with van der Waals surface area (Å²) in [7, 11) is 2.43. The van der Waals surface area contributed by atoms with Crippen LogP contribution in [-0.4, -0.2) is 260 Å². The van der Waals surface area contributed by atoms with E-state index < -0.39 is 286 Å². The Balaban J connectivity index is 0.000000194. The normalized spacial score (nSPS) is 44.8. The molecular weight excluding hydrogens is 1740 g/mol. The van der Waals surface area contributed by atoms with Crippen molar-refractivity contribution in [1.82, 2.24) is 29.4 Å². The highest BCUT2D eigenvalue weighted by Gasteiger charge is 2.47. The van der Waals surface area contributed by atoms with Gasteiger partial charge in [-0.05, 0) is 325 Å². The smallest absolute Gasteiger partial charge is 0.161 e. The minimum absolute atomic E-state index is 0.00439. The molecule has 0 radical (unpaired) electrons. The highest BCUT2D eigenvalue weighted by Crippen LogP contribution is 2.52. The van der Waals surface area contributed by atoms with Crippen molar-refractivity contribution in [3.8, 4) is 69.0 Å². The Hall–Kier alpha value is -7.56. The van der Waals surface area contributed by atoms with Gasteiger partial charge in [-0.25, -0.2) is 0 Å². The van der Waals surface area contributed by atoms with E-state index in [0.717, 1.165) is 25.9 Å². The molecule has 12 heterocycles. The van der Waals surface area contributed by atoms with E-state index in [1.165, 1.54) is 66.7 Å². The fourth-order valence-corrected chi connectivity index (χ4v) is 18.7. The van der Waals surface area contributed by atoms with Crippen LogP contribution in [0.15, 0.2) is 72.5 Å². The zero-order valence-corrected chi connectivity index (χ0v) is 81.3. The van der Waals surface area contributed by atoms with Crippen LogP contribution in [0.4, 0.5) is 0 Å². The summed E-state index contributed by atoms with van der Waals surface area (Å²) >= 11 is 0. The molecule has 6 N–H and O–H groups in total. The Morgan fingerprint density at radius 2 is 0.442 bits per heavy atom. The fraction of sp³-hybridized carbons (Fsp3) is 0.684. The van der Waals surface area contributed by atoms with E-state index in [1.54, 1.807) is 14.7 Å². The summed E-state index contributed by atoms with van der Waals surface area (Å²) in [5, 5.41) is 67.0. The van der Waals surface area contributed by atoms with Gasteiger partial charge in [0.05, 0.1) is 159 Å². The van der Waals surface area contributed by atoms with E-state index in [-0.39, 0.29) is 283 Å². The molecule has 6 saturated heterocycles. The van der Waals surface area contributed by atoms with Crippen molar-refractivity contribution in [3.63, 3.8) is 0 Å². The molecule has 0 aromatic heterocycles. The average Bonchev–Trinajstić information content (AvgIpc) is 0.674. The minimum atomic E-state index is -3.69. The molecule has 21 atom stereocenters. The number of aliphatic hydroxyl groups is 6. The van der Waals surface area contributed by atoms with Crippen molar-refractivity contribution in [1.29, 1.82) is 0 Å². The Morgan fingerprint density at radius 3 is 0.601 bits per heavy atom. The molecule has 0 saturated carbocycles. The van der Waals surface area contributed by atoms with Crippen LogP contribution < -0.4 is 56.8 Å². The predicted molar refractivity (Wildman–Crippen MR) is 547 cm³/mol. The van der Waals surface area contributed by atoms with Crippen molar-refractivity contribution >= 4 is 0 Å². The summed E-state index contributed by atoms with van der Waals surface area (Å²) < 4.78 is 586. The molecule has 138 heavy (non-hydrogen) atoms. The zero-order chi connectivity index (χ0) is 155. The highest BCUT2D eigenvalue weighted by molar-refractivity contribution is 5.55. The molecule has 12 aliphatic heterocycles. The van der Waals surface area contributed by atoms with Crippen LogP contribution in [0, 0.1) is 70.8 Å². The number of nitrogens with zero attached hydrogens (tertiary/aromatic N) is 6. The second-order valence-electron chi connectivity index (χ2n) is 35.9. The van der Waals surface area contributed by atoms with Crippen LogP contribution in [0.5, 0.6) is 69.0 Å². The first-order chi connectivity index (χ1) is 90.5. The number of methoxy groups -OCH3 is 12. The predicted octanol–water partition coefficient (Wildman–Crippen LogP) is 18.2. The summed E-state index contributed by atoms with van der Waals surface area (Å²) in [6.07, 6.45) is -45.6. The van der Waals surface area contributed by atoms with Crippen molar-refractivity contribution < 1.29 is 174 Å². The Kier molecular flexibility index (Phi) is 18.4. The molecule has 6 aromatic rings. The van der Waals surface area contributed by atoms with E-state index in [4.69, 9.17) is 143 Å². The molecule has 0 spiro atoms.